The van der Waals surface area contributed by atoms with E-state index in [4.69, 9.17) is 9.26 Å². The number of rotatable bonds is 4. The van der Waals surface area contributed by atoms with Gasteiger partial charge in [-0.2, -0.15) is 0 Å². The van der Waals surface area contributed by atoms with Crippen LogP contribution >= 0.6 is 0 Å². The second-order valence-corrected chi connectivity index (χ2v) is 6.20. The maximum Gasteiger partial charge on any atom is 0.409 e. The maximum absolute atomic E-state index is 11.8. The molecular formula is C18H24N4O3. The molecule has 1 unspecified atom stereocenters. The largest absolute Gasteiger partial charge is 0.450 e. The number of carbonyl (C=O) groups is 1. The van der Waals surface area contributed by atoms with Gasteiger partial charge in [-0.3, -0.25) is 9.88 Å². The Balaban J connectivity index is 1.63. The van der Waals surface area contributed by atoms with Crippen LogP contribution in [0.5, 0.6) is 0 Å². The fraction of sp³-hybridized carbons (Fsp3) is 0.500. The molecule has 7 nitrogen and oxygen atoms in total. The van der Waals surface area contributed by atoms with Crippen molar-refractivity contribution in [2.75, 3.05) is 32.8 Å². The quantitative estimate of drug-likeness (QED) is 0.849. The van der Waals surface area contributed by atoms with E-state index < -0.39 is 0 Å². The van der Waals surface area contributed by atoms with Crippen LogP contribution in [-0.4, -0.2) is 58.8 Å². The van der Waals surface area contributed by atoms with E-state index in [0.717, 1.165) is 35.8 Å². The molecule has 3 heterocycles. The van der Waals surface area contributed by atoms with Crippen LogP contribution in [0.3, 0.4) is 0 Å². The van der Waals surface area contributed by atoms with Gasteiger partial charge in [0.05, 0.1) is 12.6 Å². The Kier molecular flexibility index (Phi) is 5.33. The van der Waals surface area contributed by atoms with Gasteiger partial charge in [0.25, 0.3) is 0 Å². The summed E-state index contributed by atoms with van der Waals surface area (Å²) in [6, 6.07) is 6.01. The SMILES string of the molecule is CCOC(=O)N1CCN(C(C)c2cc(-c3ccnc(C)c3)on2)CC1. The van der Waals surface area contributed by atoms with Gasteiger partial charge in [-0.15, -0.1) is 0 Å². The smallest absolute Gasteiger partial charge is 0.409 e. The molecule has 134 valence electrons. The molecule has 0 aromatic carbocycles. The van der Waals surface area contributed by atoms with Crippen molar-refractivity contribution in [3.05, 3.63) is 35.8 Å². The lowest BCUT2D eigenvalue weighted by atomic mass is 10.1. The monoisotopic (exact) mass is 344 g/mol. The molecule has 0 saturated carbocycles. The third-order valence-corrected chi connectivity index (χ3v) is 4.53. The van der Waals surface area contributed by atoms with Crippen molar-refractivity contribution < 1.29 is 14.1 Å². The number of pyridine rings is 1. The van der Waals surface area contributed by atoms with E-state index >= 15 is 0 Å². The number of nitrogens with zero attached hydrogens (tertiary/aromatic N) is 4. The van der Waals surface area contributed by atoms with E-state index in [-0.39, 0.29) is 12.1 Å². The molecule has 0 radical (unpaired) electrons. The highest BCUT2D eigenvalue weighted by atomic mass is 16.6. The Morgan fingerprint density at radius 2 is 2.08 bits per heavy atom. The minimum Gasteiger partial charge on any atom is -0.450 e. The van der Waals surface area contributed by atoms with E-state index in [9.17, 15) is 4.79 Å². The molecule has 0 N–H and O–H groups in total. The summed E-state index contributed by atoms with van der Waals surface area (Å²) >= 11 is 0. The van der Waals surface area contributed by atoms with Gasteiger partial charge < -0.3 is 14.2 Å². The highest BCUT2D eigenvalue weighted by Gasteiger charge is 2.27. The van der Waals surface area contributed by atoms with Crippen LogP contribution in [0.1, 0.15) is 31.3 Å². The normalized spacial score (nSPS) is 16.7. The minimum absolute atomic E-state index is 0.129. The van der Waals surface area contributed by atoms with E-state index in [1.165, 1.54) is 0 Å². The van der Waals surface area contributed by atoms with Crippen molar-refractivity contribution in [2.24, 2.45) is 0 Å². The molecule has 1 fully saturated rings. The first-order valence-electron chi connectivity index (χ1n) is 8.64. The van der Waals surface area contributed by atoms with Crippen molar-refractivity contribution >= 4 is 6.09 Å². The molecule has 2 aromatic rings. The van der Waals surface area contributed by atoms with Crippen LogP contribution in [0, 0.1) is 6.92 Å². The Hall–Kier alpha value is -2.41. The van der Waals surface area contributed by atoms with E-state index in [2.05, 4.69) is 22.0 Å². The number of amides is 1. The Labute approximate surface area is 147 Å². The maximum atomic E-state index is 11.8. The zero-order valence-corrected chi connectivity index (χ0v) is 14.9. The molecule has 2 aromatic heterocycles. The highest BCUT2D eigenvalue weighted by Crippen LogP contribution is 2.26. The molecule has 0 spiro atoms. The first-order chi connectivity index (χ1) is 12.1. The summed E-state index contributed by atoms with van der Waals surface area (Å²) in [5.74, 6) is 0.748. The number of ether oxygens (including phenoxy) is 1. The number of carbonyl (C=O) groups excluding carboxylic acids is 1. The number of hydrogen-bond acceptors (Lipinski definition) is 6. The first-order valence-corrected chi connectivity index (χ1v) is 8.64. The lowest BCUT2D eigenvalue weighted by Crippen LogP contribution is -2.49. The summed E-state index contributed by atoms with van der Waals surface area (Å²) in [5.41, 5.74) is 2.82. The van der Waals surface area contributed by atoms with E-state index in [1.54, 1.807) is 11.1 Å². The average molecular weight is 344 g/mol. The molecule has 3 rings (SSSR count). The highest BCUT2D eigenvalue weighted by molar-refractivity contribution is 5.67. The van der Waals surface area contributed by atoms with E-state index in [1.807, 2.05) is 32.0 Å². The topological polar surface area (TPSA) is 71.7 Å². The second-order valence-electron chi connectivity index (χ2n) is 6.20. The van der Waals surface area contributed by atoms with Crippen molar-refractivity contribution in [1.29, 1.82) is 0 Å². The van der Waals surface area contributed by atoms with Crippen LogP contribution in [0.4, 0.5) is 4.79 Å². The fourth-order valence-corrected chi connectivity index (χ4v) is 3.01. The van der Waals surface area contributed by atoms with Gasteiger partial charge in [-0.25, -0.2) is 4.79 Å². The standard InChI is InChI=1S/C18H24N4O3/c1-4-24-18(23)22-9-7-21(8-10-22)14(3)16-12-17(25-20-16)15-5-6-19-13(2)11-15/h5-6,11-12,14H,4,7-10H2,1-3H3. The summed E-state index contributed by atoms with van der Waals surface area (Å²) in [7, 11) is 0. The minimum atomic E-state index is -0.230. The predicted molar refractivity (Wildman–Crippen MR) is 93.1 cm³/mol. The fourth-order valence-electron chi connectivity index (χ4n) is 3.01. The first kappa shape index (κ1) is 17.4. The van der Waals surface area contributed by atoms with Gasteiger partial charge in [0.1, 0.15) is 5.69 Å². The van der Waals surface area contributed by atoms with Crippen molar-refractivity contribution in [1.82, 2.24) is 19.9 Å². The number of aryl methyl sites for hydroxylation is 1. The van der Waals surface area contributed by atoms with Gasteiger partial charge in [0, 0.05) is 49.7 Å². The summed E-state index contributed by atoms with van der Waals surface area (Å²) in [4.78, 5) is 20.0. The van der Waals surface area contributed by atoms with Crippen LogP contribution < -0.4 is 0 Å². The molecular weight excluding hydrogens is 320 g/mol. The van der Waals surface area contributed by atoms with Crippen LogP contribution in [-0.2, 0) is 4.74 Å². The summed E-state index contributed by atoms with van der Waals surface area (Å²) < 4.78 is 10.6. The van der Waals surface area contributed by atoms with Crippen LogP contribution in [0.25, 0.3) is 11.3 Å². The Morgan fingerprint density at radius 3 is 2.76 bits per heavy atom. The average Bonchev–Trinajstić information content (AvgIpc) is 3.11. The second kappa shape index (κ2) is 7.65. The lowest BCUT2D eigenvalue weighted by molar-refractivity contribution is 0.0675. The Bertz CT molecular complexity index is 723. The predicted octanol–water partition coefficient (Wildman–Crippen LogP) is 2.88. The zero-order chi connectivity index (χ0) is 17.8. The molecule has 1 atom stereocenters. The summed E-state index contributed by atoms with van der Waals surface area (Å²) in [5, 5.41) is 4.24. The van der Waals surface area contributed by atoms with Gasteiger partial charge in [-0.1, -0.05) is 5.16 Å². The molecule has 0 aliphatic carbocycles. The van der Waals surface area contributed by atoms with Gasteiger partial charge in [0.2, 0.25) is 0 Å². The zero-order valence-electron chi connectivity index (χ0n) is 14.9. The summed E-state index contributed by atoms with van der Waals surface area (Å²) in [6.07, 6.45) is 1.54. The van der Waals surface area contributed by atoms with Gasteiger partial charge >= 0.3 is 6.09 Å². The molecule has 1 aliphatic rings. The van der Waals surface area contributed by atoms with E-state index in [0.29, 0.717) is 19.7 Å². The van der Waals surface area contributed by atoms with Crippen molar-refractivity contribution in [3.63, 3.8) is 0 Å². The molecule has 0 bridgehead atoms. The van der Waals surface area contributed by atoms with Crippen molar-refractivity contribution in [2.45, 2.75) is 26.8 Å². The number of aromatic nitrogens is 2. The molecule has 7 heteroatoms. The number of hydrogen-bond donors (Lipinski definition) is 0. The summed E-state index contributed by atoms with van der Waals surface area (Å²) in [6.45, 7) is 9.20. The molecule has 1 aliphatic heterocycles. The van der Waals surface area contributed by atoms with Crippen molar-refractivity contribution in [3.8, 4) is 11.3 Å². The van der Waals surface area contributed by atoms with Crippen LogP contribution in [0.15, 0.2) is 28.9 Å². The lowest BCUT2D eigenvalue weighted by Gasteiger charge is -2.36. The van der Waals surface area contributed by atoms with Gasteiger partial charge in [0.15, 0.2) is 5.76 Å². The van der Waals surface area contributed by atoms with Gasteiger partial charge in [-0.05, 0) is 32.9 Å². The van der Waals surface area contributed by atoms with Crippen LogP contribution in [0.2, 0.25) is 0 Å². The molecule has 25 heavy (non-hydrogen) atoms. The Morgan fingerprint density at radius 1 is 1.32 bits per heavy atom. The third-order valence-electron chi connectivity index (χ3n) is 4.53. The molecule has 1 amide bonds. The third kappa shape index (κ3) is 3.99. The molecule has 1 saturated heterocycles. The number of piperazine rings is 1.